The molecule has 0 aliphatic rings. The fourth-order valence-corrected chi connectivity index (χ4v) is 3.93. The van der Waals surface area contributed by atoms with Crippen LogP contribution in [0.15, 0.2) is 45.5 Å². The van der Waals surface area contributed by atoms with Gasteiger partial charge in [0, 0.05) is 23.7 Å². The van der Waals surface area contributed by atoms with E-state index < -0.39 is 0 Å². The highest BCUT2D eigenvalue weighted by Gasteiger charge is 2.20. The number of thiazole rings is 1. The molecule has 0 bridgehead atoms. The molecule has 30 heavy (non-hydrogen) atoms. The van der Waals surface area contributed by atoms with Crippen LogP contribution in [0, 0.1) is 0 Å². The van der Waals surface area contributed by atoms with Crippen LogP contribution in [0.5, 0.6) is 5.75 Å². The predicted molar refractivity (Wildman–Crippen MR) is 112 cm³/mol. The lowest BCUT2D eigenvalue weighted by molar-refractivity contribution is -0.113. The second-order valence-corrected chi connectivity index (χ2v) is 7.71. The summed E-state index contributed by atoms with van der Waals surface area (Å²) >= 11 is 2.64. The van der Waals surface area contributed by atoms with Gasteiger partial charge in [0.05, 0.1) is 12.9 Å². The van der Waals surface area contributed by atoms with Gasteiger partial charge in [-0.1, -0.05) is 16.9 Å². The molecule has 1 aromatic carbocycles. The van der Waals surface area contributed by atoms with Crippen molar-refractivity contribution in [2.45, 2.75) is 18.6 Å². The monoisotopic (exact) mass is 443 g/mol. The van der Waals surface area contributed by atoms with Crippen molar-refractivity contribution in [2.24, 2.45) is 0 Å². The Labute approximate surface area is 179 Å². The summed E-state index contributed by atoms with van der Waals surface area (Å²) in [5.41, 5.74) is 0.793. The first-order valence-electron chi connectivity index (χ1n) is 8.91. The van der Waals surface area contributed by atoms with Gasteiger partial charge in [0.1, 0.15) is 5.75 Å². The maximum atomic E-state index is 12.1. The molecule has 1 amide bonds. The van der Waals surface area contributed by atoms with Crippen molar-refractivity contribution < 1.29 is 14.1 Å². The van der Waals surface area contributed by atoms with Crippen molar-refractivity contribution in [3.8, 4) is 28.9 Å². The summed E-state index contributed by atoms with van der Waals surface area (Å²) in [6.45, 7) is 2.53. The van der Waals surface area contributed by atoms with E-state index in [2.05, 4.69) is 30.6 Å². The van der Waals surface area contributed by atoms with Crippen LogP contribution >= 0.6 is 23.1 Å². The minimum absolute atomic E-state index is 0.165. The molecule has 1 N–H and O–H groups in total. The van der Waals surface area contributed by atoms with Crippen LogP contribution < -0.4 is 10.1 Å². The Balaban J connectivity index is 1.48. The molecule has 4 aromatic rings. The molecule has 154 valence electrons. The molecule has 0 aliphatic carbocycles. The number of nitrogens with one attached hydrogen (secondary N) is 1. The normalized spacial score (nSPS) is 10.9. The molecule has 0 radical (unpaired) electrons. The van der Waals surface area contributed by atoms with Crippen molar-refractivity contribution in [3.05, 3.63) is 35.8 Å². The molecular weight excluding hydrogens is 426 g/mol. The minimum Gasteiger partial charge on any atom is -0.497 e. The van der Waals surface area contributed by atoms with Crippen molar-refractivity contribution in [3.63, 3.8) is 0 Å². The zero-order valence-electron chi connectivity index (χ0n) is 16.1. The Morgan fingerprint density at radius 2 is 2.13 bits per heavy atom. The summed E-state index contributed by atoms with van der Waals surface area (Å²) in [4.78, 5) is 20.6. The first-order valence-corrected chi connectivity index (χ1v) is 10.8. The van der Waals surface area contributed by atoms with Crippen LogP contribution in [0.2, 0.25) is 0 Å². The number of rotatable bonds is 8. The molecule has 0 atom stereocenters. The molecule has 0 aliphatic heterocycles. The summed E-state index contributed by atoms with van der Waals surface area (Å²) < 4.78 is 12.4. The molecule has 12 heteroatoms. The zero-order chi connectivity index (χ0) is 20.9. The molecule has 3 aromatic heterocycles. The largest absolute Gasteiger partial charge is 0.497 e. The lowest BCUT2D eigenvalue weighted by Crippen LogP contribution is -2.14. The van der Waals surface area contributed by atoms with Crippen LogP contribution in [0.4, 0.5) is 5.13 Å². The average Bonchev–Trinajstić information content (AvgIpc) is 3.52. The number of amides is 1. The van der Waals surface area contributed by atoms with E-state index in [4.69, 9.17) is 9.26 Å². The van der Waals surface area contributed by atoms with Gasteiger partial charge in [0.2, 0.25) is 17.6 Å². The van der Waals surface area contributed by atoms with Crippen LogP contribution in [0.3, 0.4) is 0 Å². The van der Waals surface area contributed by atoms with Crippen molar-refractivity contribution in [2.75, 3.05) is 18.2 Å². The Morgan fingerprint density at radius 3 is 2.83 bits per heavy atom. The van der Waals surface area contributed by atoms with Crippen LogP contribution in [0.25, 0.3) is 23.1 Å². The lowest BCUT2D eigenvalue weighted by atomic mass is 10.2. The van der Waals surface area contributed by atoms with E-state index >= 15 is 0 Å². The van der Waals surface area contributed by atoms with E-state index in [-0.39, 0.29) is 17.6 Å². The number of nitrogens with zero attached hydrogens (tertiary/aromatic N) is 6. The van der Waals surface area contributed by atoms with Gasteiger partial charge in [0.15, 0.2) is 10.3 Å². The van der Waals surface area contributed by atoms with Gasteiger partial charge in [-0.15, -0.1) is 21.5 Å². The molecule has 0 unspecified atom stereocenters. The number of aromatic nitrogens is 6. The number of carbonyl (C=O) groups is 1. The maximum absolute atomic E-state index is 12.1. The Bertz CT molecular complexity index is 1120. The van der Waals surface area contributed by atoms with E-state index in [0.29, 0.717) is 28.5 Å². The van der Waals surface area contributed by atoms with Gasteiger partial charge in [-0.05, 0) is 31.2 Å². The topological polar surface area (TPSA) is 121 Å². The van der Waals surface area contributed by atoms with Crippen molar-refractivity contribution in [1.82, 2.24) is 29.9 Å². The van der Waals surface area contributed by atoms with E-state index in [0.717, 1.165) is 11.3 Å². The van der Waals surface area contributed by atoms with E-state index in [1.807, 2.05) is 35.8 Å². The summed E-state index contributed by atoms with van der Waals surface area (Å²) in [6, 6.07) is 7.34. The van der Waals surface area contributed by atoms with Gasteiger partial charge >= 0.3 is 0 Å². The first kappa shape index (κ1) is 20.0. The number of carbonyl (C=O) groups excluding carboxylic acids is 1. The first-order chi connectivity index (χ1) is 14.7. The number of anilines is 1. The Hall–Kier alpha value is -3.25. The van der Waals surface area contributed by atoms with Crippen molar-refractivity contribution in [1.29, 1.82) is 0 Å². The maximum Gasteiger partial charge on any atom is 0.296 e. The standard InChI is InChI=1S/C18H17N7O3S2/c1-3-25-15(16-21-14(24-28-16)11-4-6-12(27-2)7-5-11)22-23-18(25)30-10-13(26)20-17-19-8-9-29-17/h4-9H,3,10H2,1-2H3,(H,19,20,26). The Morgan fingerprint density at radius 1 is 1.30 bits per heavy atom. The van der Waals surface area contributed by atoms with Gasteiger partial charge < -0.3 is 14.6 Å². The second-order valence-electron chi connectivity index (χ2n) is 5.88. The molecule has 0 saturated carbocycles. The molecule has 0 spiro atoms. The molecule has 0 fully saturated rings. The SMILES string of the molecule is CCn1c(SCC(=O)Nc2nccs2)nnc1-c1nc(-c2ccc(OC)cc2)no1. The van der Waals surface area contributed by atoms with E-state index in [1.54, 1.807) is 18.7 Å². The van der Waals surface area contributed by atoms with Gasteiger partial charge in [0.25, 0.3) is 5.89 Å². The van der Waals surface area contributed by atoms with Crippen LogP contribution in [-0.2, 0) is 11.3 Å². The predicted octanol–water partition coefficient (Wildman–Crippen LogP) is 3.21. The minimum atomic E-state index is -0.165. The van der Waals surface area contributed by atoms with E-state index in [1.165, 1.54) is 23.1 Å². The zero-order valence-corrected chi connectivity index (χ0v) is 17.7. The third-order valence-corrected chi connectivity index (χ3v) is 5.66. The summed E-state index contributed by atoms with van der Waals surface area (Å²) in [5.74, 6) is 1.91. The van der Waals surface area contributed by atoms with Gasteiger partial charge in [-0.25, -0.2) is 4.98 Å². The number of hydrogen-bond acceptors (Lipinski definition) is 10. The fourth-order valence-electron chi connectivity index (χ4n) is 2.58. The average molecular weight is 444 g/mol. The summed E-state index contributed by atoms with van der Waals surface area (Å²) in [5, 5.41) is 18.1. The smallest absolute Gasteiger partial charge is 0.296 e. The number of ether oxygens (including phenoxy) is 1. The molecular formula is C18H17N7O3S2. The van der Waals surface area contributed by atoms with Gasteiger partial charge in [-0.2, -0.15) is 4.98 Å². The second kappa shape index (κ2) is 9.05. The fraction of sp³-hybridized carbons (Fsp3) is 0.222. The molecule has 0 saturated heterocycles. The molecule has 4 rings (SSSR count). The number of benzene rings is 1. The molecule has 3 heterocycles. The quantitative estimate of drug-likeness (QED) is 0.409. The van der Waals surface area contributed by atoms with Crippen LogP contribution in [-0.4, -0.2) is 48.7 Å². The number of methoxy groups -OCH3 is 1. The summed E-state index contributed by atoms with van der Waals surface area (Å²) in [6.07, 6.45) is 1.64. The number of hydrogen-bond donors (Lipinski definition) is 1. The highest BCUT2D eigenvalue weighted by atomic mass is 32.2. The van der Waals surface area contributed by atoms with E-state index in [9.17, 15) is 4.79 Å². The molecule has 10 nitrogen and oxygen atoms in total. The van der Waals surface area contributed by atoms with Crippen LogP contribution in [0.1, 0.15) is 6.92 Å². The van der Waals surface area contributed by atoms with Crippen molar-refractivity contribution >= 4 is 34.1 Å². The summed E-state index contributed by atoms with van der Waals surface area (Å²) in [7, 11) is 1.61. The third kappa shape index (κ3) is 4.33. The lowest BCUT2D eigenvalue weighted by Gasteiger charge is -2.05. The third-order valence-electron chi connectivity index (χ3n) is 4.01. The van der Waals surface area contributed by atoms with Gasteiger partial charge in [-0.3, -0.25) is 9.36 Å². The highest BCUT2D eigenvalue weighted by molar-refractivity contribution is 7.99. The highest BCUT2D eigenvalue weighted by Crippen LogP contribution is 2.26. The Kier molecular flexibility index (Phi) is 6.05. The number of thioether (sulfide) groups is 1.